The van der Waals surface area contributed by atoms with Gasteiger partial charge in [0.1, 0.15) is 5.69 Å². The fraction of sp³-hybridized carbons (Fsp3) is 0.308. The van der Waals surface area contributed by atoms with Crippen LogP contribution in [0.15, 0.2) is 28.4 Å². The number of carboxylic acids is 1. The summed E-state index contributed by atoms with van der Waals surface area (Å²) >= 11 is 1.54. The molecule has 0 saturated heterocycles. The zero-order valence-electron chi connectivity index (χ0n) is 10.5. The highest BCUT2D eigenvalue weighted by Gasteiger charge is 2.12. The van der Waals surface area contributed by atoms with Crippen molar-refractivity contribution >= 4 is 17.3 Å². The van der Waals surface area contributed by atoms with Crippen molar-refractivity contribution in [3.05, 3.63) is 50.3 Å². The van der Waals surface area contributed by atoms with Crippen LogP contribution in [0.4, 0.5) is 0 Å². The van der Waals surface area contributed by atoms with Crippen LogP contribution >= 0.6 is 11.3 Å². The molecule has 100 valence electrons. The molecule has 0 aliphatic heterocycles. The lowest BCUT2D eigenvalue weighted by Gasteiger charge is -2.07. The van der Waals surface area contributed by atoms with Crippen molar-refractivity contribution in [3.63, 3.8) is 0 Å². The lowest BCUT2D eigenvalue weighted by atomic mass is 10.3. The quantitative estimate of drug-likeness (QED) is 0.908. The average molecular weight is 278 g/mol. The Morgan fingerprint density at radius 3 is 2.95 bits per heavy atom. The van der Waals surface area contributed by atoms with Gasteiger partial charge in [-0.2, -0.15) is 0 Å². The molecule has 6 heteroatoms. The van der Waals surface area contributed by atoms with Crippen molar-refractivity contribution in [3.8, 4) is 0 Å². The standard InChI is InChI=1S/C13H14N2O3S/c1-2-4-11-14-9(8-19-11)7-15-10(13(17)18)5-3-6-12(15)16/h3,5-6,8H,2,4,7H2,1H3,(H,17,18). The van der Waals surface area contributed by atoms with Crippen molar-refractivity contribution in [1.82, 2.24) is 9.55 Å². The fourth-order valence-electron chi connectivity index (χ4n) is 1.78. The Morgan fingerprint density at radius 2 is 2.26 bits per heavy atom. The van der Waals surface area contributed by atoms with Gasteiger partial charge in [-0.3, -0.25) is 9.36 Å². The Hall–Kier alpha value is -1.95. The van der Waals surface area contributed by atoms with E-state index < -0.39 is 5.97 Å². The molecular weight excluding hydrogens is 264 g/mol. The summed E-state index contributed by atoms with van der Waals surface area (Å²) in [7, 11) is 0. The minimum atomic E-state index is -1.11. The van der Waals surface area contributed by atoms with Crippen LogP contribution in [0, 0.1) is 0 Å². The lowest BCUT2D eigenvalue weighted by molar-refractivity contribution is 0.0684. The molecule has 0 aliphatic carbocycles. The van der Waals surface area contributed by atoms with Crippen molar-refractivity contribution in [2.75, 3.05) is 0 Å². The molecule has 0 fully saturated rings. The molecule has 19 heavy (non-hydrogen) atoms. The summed E-state index contributed by atoms with van der Waals surface area (Å²) < 4.78 is 1.23. The maximum absolute atomic E-state index is 11.8. The number of aromatic nitrogens is 2. The lowest BCUT2D eigenvalue weighted by Crippen LogP contribution is -2.25. The first-order chi connectivity index (χ1) is 9.11. The first-order valence-electron chi connectivity index (χ1n) is 5.98. The minimum absolute atomic E-state index is 0.0162. The molecule has 0 saturated carbocycles. The topological polar surface area (TPSA) is 72.2 Å². The van der Waals surface area contributed by atoms with E-state index in [0.717, 1.165) is 23.5 Å². The number of aromatic carboxylic acids is 1. The maximum atomic E-state index is 11.8. The van der Waals surface area contributed by atoms with Crippen molar-refractivity contribution in [2.45, 2.75) is 26.3 Å². The largest absolute Gasteiger partial charge is 0.477 e. The normalized spacial score (nSPS) is 10.6. The molecule has 0 bridgehead atoms. The summed E-state index contributed by atoms with van der Waals surface area (Å²) in [6.07, 6.45) is 1.92. The summed E-state index contributed by atoms with van der Waals surface area (Å²) in [5, 5.41) is 12.0. The average Bonchev–Trinajstić information content (AvgIpc) is 2.79. The number of rotatable bonds is 5. The molecule has 0 unspecified atom stereocenters. The summed E-state index contributed by atoms with van der Waals surface area (Å²) in [5.41, 5.74) is 0.381. The molecule has 2 aromatic rings. The molecule has 2 rings (SSSR count). The monoisotopic (exact) mass is 278 g/mol. The first-order valence-corrected chi connectivity index (χ1v) is 6.86. The van der Waals surface area contributed by atoms with Gasteiger partial charge in [-0.25, -0.2) is 9.78 Å². The van der Waals surface area contributed by atoms with Crippen LogP contribution in [0.2, 0.25) is 0 Å². The van der Waals surface area contributed by atoms with Crippen LogP contribution in [0.5, 0.6) is 0 Å². The van der Waals surface area contributed by atoms with Gasteiger partial charge in [0.15, 0.2) is 0 Å². The second kappa shape index (κ2) is 5.79. The molecule has 0 atom stereocenters. The number of hydrogen-bond donors (Lipinski definition) is 1. The van der Waals surface area contributed by atoms with Gasteiger partial charge < -0.3 is 5.11 Å². The summed E-state index contributed by atoms with van der Waals surface area (Å²) in [6.45, 7) is 2.27. The van der Waals surface area contributed by atoms with E-state index in [1.165, 1.54) is 34.1 Å². The van der Waals surface area contributed by atoms with Crippen molar-refractivity contribution in [1.29, 1.82) is 0 Å². The van der Waals surface area contributed by atoms with Crippen molar-refractivity contribution < 1.29 is 9.90 Å². The number of aryl methyl sites for hydroxylation is 1. The van der Waals surface area contributed by atoms with Crippen molar-refractivity contribution in [2.24, 2.45) is 0 Å². The smallest absolute Gasteiger partial charge is 0.352 e. The third-order valence-electron chi connectivity index (χ3n) is 2.65. The molecule has 2 aromatic heterocycles. The Balaban J connectivity index is 2.32. The number of pyridine rings is 1. The predicted molar refractivity (Wildman–Crippen MR) is 72.9 cm³/mol. The zero-order valence-corrected chi connectivity index (χ0v) is 11.3. The van der Waals surface area contributed by atoms with Gasteiger partial charge in [0, 0.05) is 11.4 Å². The van der Waals surface area contributed by atoms with Crippen LogP contribution in [0.25, 0.3) is 0 Å². The number of thiazole rings is 1. The molecule has 0 aromatic carbocycles. The van der Waals surface area contributed by atoms with Crippen LogP contribution in [-0.2, 0) is 13.0 Å². The Kier molecular flexibility index (Phi) is 4.11. The number of hydrogen-bond acceptors (Lipinski definition) is 4. The third-order valence-corrected chi connectivity index (χ3v) is 3.61. The van der Waals surface area contributed by atoms with Crippen LogP contribution in [0.3, 0.4) is 0 Å². The Labute approximate surface area is 114 Å². The van der Waals surface area contributed by atoms with E-state index in [-0.39, 0.29) is 17.8 Å². The summed E-state index contributed by atoms with van der Waals surface area (Å²) in [6, 6.07) is 4.22. The minimum Gasteiger partial charge on any atom is -0.477 e. The Bertz CT molecular complexity index is 645. The van der Waals surface area contributed by atoms with E-state index >= 15 is 0 Å². The second-order valence-electron chi connectivity index (χ2n) is 4.12. The second-order valence-corrected chi connectivity index (χ2v) is 5.07. The van der Waals surface area contributed by atoms with Gasteiger partial charge in [-0.05, 0) is 18.9 Å². The van der Waals surface area contributed by atoms with Crippen LogP contribution in [-0.4, -0.2) is 20.6 Å². The highest BCUT2D eigenvalue weighted by atomic mass is 32.1. The van der Waals surface area contributed by atoms with Gasteiger partial charge in [0.05, 0.1) is 17.2 Å². The van der Waals surface area contributed by atoms with E-state index in [1.54, 1.807) is 0 Å². The molecule has 0 radical (unpaired) electrons. The molecule has 0 aliphatic rings. The van der Waals surface area contributed by atoms with E-state index in [0.29, 0.717) is 0 Å². The molecule has 0 amide bonds. The zero-order chi connectivity index (χ0) is 13.8. The number of carbonyl (C=O) groups is 1. The van der Waals surface area contributed by atoms with Crippen LogP contribution in [0.1, 0.15) is 34.5 Å². The van der Waals surface area contributed by atoms with E-state index in [2.05, 4.69) is 11.9 Å². The molecule has 0 spiro atoms. The van der Waals surface area contributed by atoms with Gasteiger partial charge >= 0.3 is 5.97 Å². The highest BCUT2D eigenvalue weighted by molar-refractivity contribution is 7.09. The fourth-order valence-corrected chi connectivity index (χ4v) is 2.67. The number of nitrogens with zero attached hydrogens (tertiary/aromatic N) is 2. The molecule has 2 heterocycles. The van der Waals surface area contributed by atoms with E-state index in [1.807, 2.05) is 5.38 Å². The van der Waals surface area contributed by atoms with Gasteiger partial charge in [0.25, 0.3) is 5.56 Å². The highest BCUT2D eigenvalue weighted by Crippen LogP contribution is 2.13. The summed E-state index contributed by atoms with van der Waals surface area (Å²) in [5.74, 6) is -1.11. The van der Waals surface area contributed by atoms with Crippen LogP contribution < -0.4 is 5.56 Å². The van der Waals surface area contributed by atoms with Gasteiger partial charge in [-0.1, -0.05) is 13.0 Å². The van der Waals surface area contributed by atoms with Gasteiger partial charge in [-0.15, -0.1) is 11.3 Å². The molecule has 1 N–H and O–H groups in total. The Morgan fingerprint density at radius 1 is 1.47 bits per heavy atom. The SMILES string of the molecule is CCCc1nc(Cn2c(C(=O)O)cccc2=O)cs1. The molecular formula is C13H14N2O3S. The summed E-state index contributed by atoms with van der Waals surface area (Å²) in [4.78, 5) is 27.3. The maximum Gasteiger partial charge on any atom is 0.352 e. The predicted octanol–water partition coefficient (Wildman–Crippen LogP) is 2.00. The van der Waals surface area contributed by atoms with Gasteiger partial charge in [0.2, 0.25) is 0 Å². The number of carboxylic acid groups (broad SMARTS) is 1. The van der Waals surface area contributed by atoms with E-state index in [9.17, 15) is 9.59 Å². The molecule has 5 nitrogen and oxygen atoms in total. The first kappa shape index (κ1) is 13.5. The van der Waals surface area contributed by atoms with E-state index in [4.69, 9.17) is 5.11 Å². The third kappa shape index (κ3) is 3.08.